The lowest BCUT2D eigenvalue weighted by Crippen LogP contribution is -2.50. The van der Waals surface area contributed by atoms with Gasteiger partial charge in [-0.05, 0) is 49.8 Å². The van der Waals surface area contributed by atoms with Crippen molar-refractivity contribution in [3.63, 3.8) is 0 Å². The third kappa shape index (κ3) is 7.05. The number of nitrogens with one attached hydrogen (secondary N) is 2. The van der Waals surface area contributed by atoms with Crippen molar-refractivity contribution >= 4 is 32.9 Å². The van der Waals surface area contributed by atoms with E-state index in [0.29, 0.717) is 18.8 Å². The van der Waals surface area contributed by atoms with Crippen LogP contribution in [0.2, 0.25) is 0 Å². The monoisotopic (exact) mass is 553 g/mol. The van der Waals surface area contributed by atoms with E-state index >= 15 is 0 Å². The molecule has 0 bridgehead atoms. The second-order valence-corrected chi connectivity index (χ2v) is 12.7. The van der Waals surface area contributed by atoms with Crippen molar-refractivity contribution in [2.75, 3.05) is 12.3 Å². The fourth-order valence-electron chi connectivity index (χ4n) is 5.16. The molecule has 2 amide bonds. The molecule has 4 rings (SSSR count). The molecule has 1 aromatic heterocycles. The maximum Gasteiger partial charge on any atom is 0.239 e. The summed E-state index contributed by atoms with van der Waals surface area (Å²) in [5, 5.41) is 2.90. The first-order chi connectivity index (χ1) is 18.6. The van der Waals surface area contributed by atoms with Crippen molar-refractivity contribution in [2.45, 2.75) is 64.6 Å². The maximum absolute atomic E-state index is 13.5. The first-order valence-corrected chi connectivity index (χ1v) is 15.3. The molecule has 1 aliphatic heterocycles. The number of amides is 2. The number of sulfonamides is 1. The highest BCUT2D eigenvalue weighted by atomic mass is 32.2. The van der Waals surface area contributed by atoms with E-state index in [9.17, 15) is 18.0 Å². The molecule has 9 nitrogen and oxygen atoms in total. The molecule has 0 spiro atoms. The lowest BCUT2D eigenvalue weighted by Gasteiger charge is -2.28. The van der Waals surface area contributed by atoms with E-state index < -0.39 is 28.0 Å². The van der Waals surface area contributed by atoms with Crippen molar-refractivity contribution in [3.05, 3.63) is 66.0 Å². The smallest absolute Gasteiger partial charge is 0.239 e. The fourth-order valence-corrected chi connectivity index (χ4v) is 6.69. The predicted octanol–water partition coefficient (Wildman–Crippen LogP) is 3.84. The number of para-hydroxylation sites is 2. The highest BCUT2D eigenvalue weighted by Gasteiger charge is 2.35. The first-order valence-electron chi connectivity index (χ1n) is 13.6. The number of hydrogen-bond acceptors (Lipinski definition) is 5. The van der Waals surface area contributed by atoms with E-state index in [1.54, 1.807) is 11.8 Å². The molecule has 0 unspecified atom stereocenters. The zero-order valence-corrected chi connectivity index (χ0v) is 23.9. The number of hydrogen-bond donors (Lipinski definition) is 2. The van der Waals surface area contributed by atoms with Crippen LogP contribution in [0.3, 0.4) is 0 Å². The summed E-state index contributed by atoms with van der Waals surface area (Å²) in [6, 6.07) is 15.7. The Morgan fingerprint density at radius 1 is 1.05 bits per heavy atom. The van der Waals surface area contributed by atoms with Gasteiger partial charge in [0.2, 0.25) is 21.8 Å². The Labute approximate surface area is 231 Å². The maximum atomic E-state index is 13.5. The van der Waals surface area contributed by atoms with Crippen molar-refractivity contribution in [3.8, 4) is 0 Å². The third-order valence-corrected chi connectivity index (χ3v) is 8.72. The summed E-state index contributed by atoms with van der Waals surface area (Å²) in [5.41, 5.74) is 2.77. The minimum atomic E-state index is -3.79. The Kier molecular flexibility index (Phi) is 9.07. The molecule has 0 aliphatic carbocycles. The number of rotatable bonds is 11. The van der Waals surface area contributed by atoms with Crippen molar-refractivity contribution < 1.29 is 18.0 Å². The summed E-state index contributed by atoms with van der Waals surface area (Å²) in [6.07, 6.45) is 1.88. The number of fused-ring (bicyclic) bond motifs is 1. The molecule has 0 saturated carbocycles. The van der Waals surface area contributed by atoms with Crippen molar-refractivity contribution in [2.24, 2.45) is 13.0 Å². The van der Waals surface area contributed by atoms with Gasteiger partial charge in [0.15, 0.2) is 0 Å². The number of imidazole rings is 1. The molecule has 2 aromatic carbocycles. The summed E-state index contributed by atoms with van der Waals surface area (Å²) >= 11 is 0. The van der Waals surface area contributed by atoms with Gasteiger partial charge < -0.3 is 14.8 Å². The number of aryl methyl sites for hydroxylation is 1. The van der Waals surface area contributed by atoms with Crippen LogP contribution in [-0.2, 0) is 26.7 Å². The fraction of sp³-hybridized carbons (Fsp3) is 0.483. The van der Waals surface area contributed by atoms with Gasteiger partial charge in [-0.25, -0.2) is 18.1 Å². The van der Waals surface area contributed by atoms with Gasteiger partial charge in [-0.2, -0.15) is 0 Å². The van der Waals surface area contributed by atoms with Gasteiger partial charge in [-0.3, -0.25) is 9.59 Å². The lowest BCUT2D eigenvalue weighted by molar-refractivity contribution is -0.135. The minimum absolute atomic E-state index is 0.0844. The highest BCUT2D eigenvalue weighted by Crippen LogP contribution is 2.32. The molecule has 210 valence electrons. The van der Waals surface area contributed by atoms with Gasteiger partial charge in [-0.15, -0.1) is 0 Å². The van der Waals surface area contributed by atoms with Gasteiger partial charge in [-0.1, -0.05) is 56.3 Å². The van der Waals surface area contributed by atoms with Crippen LogP contribution in [0.5, 0.6) is 0 Å². The van der Waals surface area contributed by atoms with Crippen molar-refractivity contribution in [1.29, 1.82) is 0 Å². The molecule has 2 heterocycles. The average Bonchev–Trinajstić information content (AvgIpc) is 3.53. The van der Waals surface area contributed by atoms with E-state index in [0.717, 1.165) is 29.4 Å². The molecule has 1 aliphatic rings. The molecule has 2 N–H and O–H groups in total. The first kappa shape index (κ1) is 28.8. The number of nitrogens with zero attached hydrogens (tertiary/aromatic N) is 3. The Balaban J connectivity index is 1.53. The second kappa shape index (κ2) is 12.3. The van der Waals surface area contributed by atoms with E-state index in [4.69, 9.17) is 0 Å². The second-order valence-electron chi connectivity index (χ2n) is 10.8. The van der Waals surface area contributed by atoms with E-state index in [2.05, 4.69) is 15.0 Å². The lowest BCUT2D eigenvalue weighted by atomic mass is 10.0. The van der Waals surface area contributed by atoms with Crippen LogP contribution in [0.25, 0.3) is 11.0 Å². The zero-order valence-electron chi connectivity index (χ0n) is 23.1. The van der Waals surface area contributed by atoms with Crippen LogP contribution in [-0.4, -0.2) is 53.0 Å². The van der Waals surface area contributed by atoms with Crippen LogP contribution in [0.4, 0.5) is 0 Å². The topological polar surface area (TPSA) is 113 Å². The summed E-state index contributed by atoms with van der Waals surface area (Å²) in [7, 11) is -1.91. The Morgan fingerprint density at radius 3 is 2.44 bits per heavy atom. The molecular weight excluding hydrogens is 514 g/mol. The molecule has 1 fully saturated rings. The Hall–Kier alpha value is -3.24. The molecular formula is C29H39N5O4S. The van der Waals surface area contributed by atoms with Crippen LogP contribution >= 0.6 is 0 Å². The zero-order chi connectivity index (χ0) is 28.2. The third-order valence-electron chi connectivity index (χ3n) is 7.31. The predicted molar refractivity (Wildman–Crippen MR) is 152 cm³/mol. The Bertz CT molecular complexity index is 1400. The largest absolute Gasteiger partial charge is 0.345 e. The quantitative estimate of drug-likeness (QED) is 0.375. The number of carbonyl (C=O) groups is 2. The van der Waals surface area contributed by atoms with Crippen LogP contribution in [0.15, 0.2) is 54.6 Å². The standard InChI is InChI=1S/C29H39N5O4S/c1-20(2)16-18-39(37,38)32-24(19-27(35)34-17-10-15-25(34)22-11-6-5-7-12-22)29(36)30-21(3)28-31-23-13-8-9-14-26(23)33(28)4/h5-9,11-14,20-21,24-25,32H,10,15-19H2,1-4H3,(H,30,36)/t21-,24+,25-/m1/s1. The number of likely N-dealkylation sites (tertiary alicyclic amines) is 1. The summed E-state index contributed by atoms with van der Waals surface area (Å²) in [5.74, 6) is -0.0838. The number of carbonyl (C=O) groups excluding carboxylic acids is 2. The summed E-state index contributed by atoms with van der Waals surface area (Å²) < 4.78 is 30.3. The van der Waals surface area contributed by atoms with Gasteiger partial charge >= 0.3 is 0 Å². The van der Waals surface area contributed by atoms with Gasteiger partial charge in [0.1, 0.15) is 11.9 Å². The number of aromatic nitrogens is 2. The molecule has 0 radical (unpaired) electrons. The summed E-state index contributed by atoms with van der Waals surface area (Å²) in [4.78, 5) is 33.5. The van der Waals surface area contributed by atoms with Gasteiger partial charge in [0, 0.05) is 13.6 Å². The summed E-state index contributed by atoms with van der Waals surface area (Å²) in [6.45, 7) is 6.26. The number of benzene rings is 2. The van der Waals surface area contributed by atoms with Crippen LogP contribution < -0.4 is 10.0 Å². The van der Waals surface area contributed by atoms with Crippen LogP contribution in [0.1, 0.15) is 69.9 Å². The van der Waals surface area contributed by atoms with Crippen molar-refractivity contribution in [1.82, 2.24) is 24.5 Å². The van der Waals surface area contributed by atoms with E-state index in [-0.39, 0.29) is 30.0 Å². The molecule has 10 heteroatoms. The van der Waals surface area contributed by atoms with Gasteiger partial charge in [0.25, 0.3) is 0 Å². The molecule has 1 saturated heterocycles. The average molecular weight is 554 g/mol. The highest BCUT2D eigenvalue weighted by molar-refractivity contribution is 7.89. The van der Waals surface area contributed by atoms with Gasteiger partial charge in [0.05, 0.1) is 35.3 Å². The molecule has 3 atom stereocenters. The van der Waals surface area contributed by atoms with Crippen LogP contribution in [0, 0.1) is 5.92 Å². The minimum Gasteiger partial charge on any atom is -0.345 e. The Morgan fingerprint density at radius 2 is 1.74 bits per heavy atom. The normalized spacial score (nSPS) is 17.5. The van der Waals surface area contributed by atoms with E-state index in [1.165, 1.54) is 0 Å². The SMILES string of the molecule is CC(C)CCS(=O)(=O)N[C@@H](CC(=O)N1CCC[C@@H]1c1ccccc1)C(=O)N[C@H](C)c1nc2ccccc2n1C. The van der Waals surface area contributed by atoms with E-state index in [1.807, 2.05) is 80.1 Å². The molecule has 39 heavy (non-hydrogen) atoms. The molecule has 3 aromatic rings.